The highest BCUT2D eigenvalue weighted by Crippen LogP contribution is 2.29. The average Bonchev–Trinajstić information content (AvgIpc) is 3.38. The summed E-state index contributed by atoms with van der Waals surface area (Å²) in [6.45, 7) is 0. The van der Waals surface area contributed by atoms with E-state index in [0.717, 1.165) is 31.5 Å². The summed E-state index contributed by atoms with van der Waals surface area (Å²) in [5.41, 5.74) is 4.16. The monoisotopic (exact) mass is 418 g/mol. The van der Waals surface area contributed by atoms with E-state index in [9.17, 15) is 4.79 Å². The Balaban J connectivity index is 1.22. The molecule has 0 saturated heterocycles. The highest BCUT2D eigenvalue weighted by molar-refractivity contribution is 8.01. The number of carbonyl (C=O) groups excluding carboxylic acids is 1. The molecule has 142 valence electrons. The van der Waals surface area contributed by atoms with Gasteiger partial charge in [0.1, 0.15) is 6.33 Å². The molecule has 0 unspecified atom stereocenters. The number of nitrogens with one attached hydrogen (secondary N) is 1. The molecular formula is C20H14N6OS2. The molecule has 5 rings (SSSR count). The number of benzene rings is 2. The summed E-state index contributed by atoms with van der Waals surface area (Å²) in [4.78, 5) is 16.8. The molecule has 5 aromatic rings. The summed E-state index contributed by atoms with van der Waals surface area (Å²) in [6, 6.07) is 19.3. The van der Waals surface area contributed by atoms with Crippen molar-refractivity contribution < 1.29 is 4.79 Å². The van der Waals surface area contributed by atoms with E-state index in [0.29, 0.717) is 11.4 Å². The van der Waals surface area contributed by atoms with Gasteiger partial charge >= 0.3 is 0 Å². The molecule has 0 aliphatic rings. The number of para-hydroxylation sites is 1. The number of thiazole rings is 1. The number of rotatable bonds is 5. The van der Waals surface area contributed by atoms with Crippen LogP contribution in [0.1, 0.15) is 0 Å². The van der Waals surface area contributed by atoms with Gasteiger partial charge in [0.05, 0.1) is 21.7 Å². The van der Waals surface area contributed by atoms with E-state index in [2.05, 4.69) is 25.6 Å². The van der Waals surface area contributed by atoms with Crippen LogP contribution in [-0.2, 0) is 4.79 Å². The number of fused-ring (bicyclic) bond motifs is 2. The van der Waals surface area contributed by atoms with E-state index in [1.165, 1.54) is 11.8 Å². The summed E-state index contributed by atoms with van der Waals surface area (Å²) in [6.07, 6.45) is 1.57. The predicted octanol–water partition coefficient (Wildman–Crippen LogP) is 4.13. The van der Waals surface area contributed by atoms with Crippen molar-refractivity contribution in [2.24, 2.45) is 0 Å². The molecule has 0 atom stereocenters. The first kappa shape index (κ1) is 17.8. The molecule has 0 aliphatic carbocycles. The van der Waals surface area contributed by atoms with Crippen molar-refractivity contribution in [2.45, 2.75) is 4.34 Å². The normalized spacial score (nSPS) is 11.2. The quantitative estimate of drug-likeness (QED) is 0.432. The van der Waals surface area contributed by atoms with Crippen molar-refractivity contribution in [1.82, 2.24) is 24.8 Å². The van der Waals surface area contributed by atoms with Gasteiger partial charge in [-0.25, -0.2) is 4.98 Å². The third-order valence-electron chi connectivity index (χ3n) is 4.23. The van der Waals surface area contributed by atoms with E-state index in [1.807, 2.05) is 60.7 Å². The molecule has 0 aliphatic heterocycles. The molecule has 0 bridgehead atoms. The van der Waals surface area contributed by atoms with Crippen LogP contribution in [0, 0.1) is 0 Å². The van der Waals surface area contributed by atoms with E-state index in [1.54, 1.807) is 22.2 Å². The van der Waals surface area contributed by atoms with Crippen molar-refractivity contribution >= 4 is 50.6 Å². The highest BCUT2D eigenvalue weighted by Gasteiger charge is 2.09. The minimum absolute atomic E-state index is 0.0639. The number of hydrogen-bond acceptors (Lipinski definition) is 7. The molecule has 0 spiro atoms. The maximum Gasteiger partial charge on any atom is 0.234 e. The van der Waals surface area contributed by atoms with Crippen molar-refractivity contribution in [2.75, 3.05) is 11.1 Å². The van der Waals surface area contributed by atoms with Gasteiger partial charge in [-0.15, -0.1) is 21.5 Å². The largest absolute Gasteiger partial charge is 0.325 e. The molecule has 0 radical (unpaired) electrons. The first-order chi connectivity index (χ1) is 14.2. The lowest BCUT2D eigenvalue weighted by molar-refractivity contribution is -0.113. The van der Waals surface area contributed by atoms with Crippen LogP contribution >= 0.6 is 23.1 Å². The summed E-state index contributed by atoms with van der Waals surface area (Å²) < 4.78 is 3.65. The molecule has 3 aromatic heterocycles. The zero-order valence-corrected chi connectivity index (χ0v) is 16.7. The molecule has 3 heterocycles. The van der Waals surface area contributed by atoms with Gasteiger partial charge in [-0.1, -0.05) is 36.0 Å². The number of carbonyl (C=O) groups is 1. The Labute approximate surface area is 173 Å². The predicted molar refractivity (Wildman–Crippen MR) is 115 cm³/mol. The lowest BCUT2D eigenvalue weighted by Gasteiger charge is -2.06. The summed E-state index contributed by atoms with van der Waals surface area (Å²) >= 11 is 3.05. The zero-order valence-electron chi connectivity index (χ0n) is 15.0. The van der Waals surface area contributed by atoms with Gasteiger partial charge in [0.15, 0.2) is 9.99 Å². The summed E-state index contributed by atoms with van der Waals surface area (Å²) in [7, 11) is 0. The SMILES string of the molecule is O=C(CSc1nc2ccccc2s1)Nc1ccc(-c2ccc3nncn3n2)cc1. The number of thioether (sulfide) groups is 1. The molecule has 0 saturated carbocycles. The second kappa shape index (κ2) is 7.61. The van der Waals surface area contributed by atoms with E-state index < -0.39 is 0 Å². The van der Waals surface area contributed by atoms with Crippen LogP contribution in [0.2, 0.25) is 0 Å². The topological polar surface area (TPSA) is 85.1 Å². The number of nitrogens with zero attached hydrogens (tertiary/aromatic N) is 5. The number of amides is 1. The fourth-order valence-electron chi connectivity index (χ4n) is 2.84. The van der Waals surface area contributed by atoms with Crippen LogP contribution < -0.4 is 5.32 Å². The van der Waals surface area contributed by atoms with E-state index in [-0.39, 0.29) is 5.91 Å². The van der Waals surface area contributed by atoms with E-state index in [4.69, 9.17) is 0 Å². The summed E-state index contributed by atoms with van der Waals surface area (Å²) in [5.74, 6) is 0.249. The lowest BCUT2D eigenvalue weighted by atomic mass is 10.1. The third-order valence-corrected chi connectivity index (χ3v) is 6.41. The van der Waals surface area contributed by atoms with Crippen LogP contribution in [0.5, 0.6) is 0 Å². The second-order valence-corrected chi connectivity index (χ2v) is 8.47. The maximum absolute atomic E-state index is 12.3. The Kier molecular flexibility index (Phi) is 4.66. The van der Waals surface area contributed by atoms with Crippen LogP contribution in [0.4, 0.5) is 5.69 Å². The lowest BCUT2D eigenvalue weighted by Crippen LogP contribution is -2.13. The van der Waals surface area contributed by atoms with Crippen molar-refractivity contribution in [3.63, 3.8) is 0 Å². The minimum atomic E-state index is -0.0639. The van der Waals surface area contributed by atoms with Gasteiger partial charge in [0.25, 0.3) is 0 Å². The van der Waals surface area contributed by atoms with Crippen LogP contribution in [0.3, 0.4) is 0 Å². The fourth-order valence-corrected chi connectivity index (χ4v) is 4.71. The standard InChI is InChI=1S/C20H14N6OS2/c27-19(11-28-20-23-16-3-1-2-4-17(16)29-20)22-14-7-5-13(6-8-14)15-9-10-18-24-21-12-26(18)25-15/h1-10,12H,11H2,(H,22,27). The van der Waals surface area contributed by atoms with Gasteiger partial charge in [-0.2, -0.15) is 9.61 Å². The molecule has 7 nitrogen and oxygen atoms in total. The van der Waals surface area contributed by atoms with Crippen molar-refractivity contribution in [1.29, 1.82) is 0 Å². The molecule has 2 aromatic carbocycles. The number of aromatic nitrogens is 5. The molecular weight excluding hydrogens is 404 g/mol. The van der Waals surface area contributed by atoms with Gasteiger partial charge in [0.2, 0.25) is 5.91 Å². The minimum Gasteiger partial charge on any atom is -0.325 e. The van der Waals surface area contributed by atoms with Gasteiger partial charge in [-0.05, 0) is 36.4 Å². The molecule has 9 heteroatoms. The van der Waals surface area contributed by atoms with E-state index >= 15 is 0 Å². The number of anilines is 1. The van der Waals surface area contributed by atoms with Gasteiger partial charge in [-0.3, -0.25) is 4.79 Å². The zero-order chi connectivity index (χ0) is 19.6. The van der Waals surface area contributed by atoms with Crippen LogP contribution in [-0.4, -0.2) is 36.5 Å². The second-order valence-electron chi connectivity index (χ2n) is 6.21. The Morgan fingerprint density at radius 2 is 1.93 bits per heavy atom. The molecule has 1 amide bonds. The fraction of sp³-hybridized carbons (Fsp3) is 0.0500. The Morgan fingerprint density at radius 3 is 2.79 bits per heavy atom. The smallest absolute Gasteiger partial charge is 0.234 e. The first-order valence-electron chi connectivity index (χ1n) is 8.80. The van der Waals surface area contributed by atoms with Crippen LogP contribution in [0.25, 0.3) is 27.1 Å². The average molecular weight is 419 g/mol. The molecule has 29 heavy (non-hydrogen) atoms. The van der Waals surface area contributed by atoms with Crippen molar-refractivity contribution in [3.05, 3.63) is 67.0 Å². The van der Waals surface area contributed by atoms with Crippen molar-refractivity contribution in [3.8, 4) is 11.3 Å². The Hall–Kier alpha value is -3.30. The summed E-state index contributed by atoms with van der Waals surface area (Å²) in [5, 5.41) is 15.2. The number of hydrogen-bond donors (Lipinski definition) is 1. The first-order valence-corrected chi connectivity index (χ1v) is 10.6. The molecule has 0 fully saturated rings. The third kappa shape index (κ3) is 3.82. The Morgan fingerprint density at radius 1 is 1.07 bits per heavy atom. The Bertz CT molecular complexity index is 1280. The van der Waals surface area contributed by atoms with Crippen LogP contribution in [0.15, 0.2) is 71.3 Å². The molecule has 1 N–H and O–H groups in total. The van der Waals surface area contributed by atoms with Gasteiger partial charge in [0, 0.05) is 11.3 Å². The van der Waals surface area contributed by atoms with Gasteiger partial charge < -0.3 is 5.32 Å². The maximum atomic E-state index is 12.3. The highest BCUT2D eigenvalue weighted by atomic mass is 32.2.